The Morgan fingerprint density at radius 3 is 2.27 bits per heavy atom. The molecule has 0 spiro atoms. The van der Waals surface area contributed by atoms with Crippen molar-refractivity contribution in [3.8, 4) is 12.3 Å². The SMILES string of the molecule is C#CCC(O)C(C)N(c1cc(Cl)ccc1Cl)S(=O)(=O)c1ccc(Cl)cc1. The smallest absolute Gasteiger partial charge is 0.264 e. The Bertz CT molecular complexity index is 924. The predicted molar refractivity (Wildman–Crippen MR) is 106 cm³/mol. The average Bonchev–Trinajstić information content (AvgIpc) is 2.58. The standard InChI is InChI=1S/C18H16Cl3NO3S/c1-3-4-18(23)12(2)22(17-11-14(20)7-10-16(17)21)26(24,25)15-8-5-13(19)6-9-15/h1,5-12,18,23H,4H2,2H3. The second kappa shape index (κ2) is 8.51. The maximum atomic E-state index is 13.3. The lowest BCUT2D eigenvalue weighted by Crippen LogP contribution is -2.45. The molecular weight excluding hydrogens is 417 g/mol. The second-order valence-corrected chi connectivity index (χ2v) is 8.66. The lowest BCUT2D eigenvalue weighted by atomic mass is 10.1. The molecule has 0 saturated carbocycles. The Morgan fingerprint density at radius 1 is 1.12 bits per heavy atom. The summed E-state index contributed by atoms with van der Waals surface area (Å²) < 4.78 is 27.6. The first-order chi connectivity index (χ1) is 12.2. The van der Waals surface area contributed by atoms with Crippen molar-refractivity contribution in [1.29, 1.82) is 0 Å². The molecule has 0 heterocycles. The van der Waals surface area contributed by atoms with E-state index in [1.807, 2.05) is 0 Å². The molecule has 2 rings (SSSR count). The van der Waals surface area contributed by atoms with Gasteiger partial charge in [-0.2, -0.15) is 0 Å². The highest BCUT2D eigenvalue weighted by Crippen LogP contribution is 2.35. The summed E-state index contributed by atoms with van der Waals surface area (Å²) in [6.45, 7) is 1.55. The lowest BCUT2D eigenvalue weighted by molar-refractivity contribution is 0.158. The number of hydrogen-bond acceptors (Lipinski definition) is 3. The summed E-state index contributed by atoms with van der Waals surface area (Å²) in [4.78, 5) is -0.00213. The molecule has 0 aliphatic heterocycles. The van der Waals surface area contributed by atoms with Crippen LogP contribution in [0.4, 0.5) is 5.69 Å². The molecular formula is C18H16Cl3NO3S. The molecule has 0 fully saturated rings. The molecule has 2 aromatic rings. The molecule has 1 N–H and O–H groups in total. The third-order valence-corrected chi connectivity index (χ3v) is 6.49. The second-order valence-electron chi connectivity index (χ2n) is 5.57. The maximum Gasteiger partial charge on any atom is 0.264 e. The fraction of sp³-hybridized carbons (Fsp3) is 0.222. The number of aliphatic hydroxyl groups is 1. The number of rotatable bonds is 6. The van der Waals surface area contributed by atoms with Gasteiger partial charge in [-0.15, -0.1) is 12.3 Å². The Morgan fingerprint density at radius 2 is 1.69 bits per heavy atom. The largest absolute Gasteiger partial charge is 0.390 e. The molecule has 2 unspecified atom stereocenters. The van der Waals surface area contributed by atoms with Crippen LogP contribution in [0.1, 0.15) is 13.3 Å². The van der Waals surface area contributed by atoms with Gasteiger partial charge in [-0.3, -0.25) is 4.31 Å². The van der Waals surface area contributed by atoms with Gasteiger partial charge >= 0.3 is 0 Å². The van der Waals surface area contributed by atoms with Gasteiger partial charge in [-0.1, -0.05) is 34.8 Å². The average molecular weight is 433 g/mol. The van der Waals surface area contributed by atoms with E-state index in [2.05, 4.69) is 5.92 Å². The number of terminal acetylenes is 1. The normalized spacial score (nSPS) is 13.7. The third-order valence-electron chi connectivity index (χ3n) is 3.77. The van der Waals surface area contributed by atoms with Crippen LogP contribution >= 0.6 is 34.8 Å². The molecule has 4 nitrogen and oxygen atoms in total. The molecule has 26 heavy (non-hydrogen) atoms. The zero-order valence-corrected chi connectivity index (χ0v) is 16.8. The number of halogens is 3. The van der Waals surface area contributed by atoms with Crippen LogP contribution in [0.3, 0.4) is 0 Å². The summed E-state index contributed by atoms with van der Waals surface area (Å²) in [6, 6.07) is 9.27. The highest BCUT2D eigenvalue weighted by Gasteiger charge is 2.34. The molecule has 0 aromatic heterocycles. The van der Waals surface area contributed by atoms with E-state index < -0.39 is 22.2 Å². The summed E-state index contributed by atoms with van der Waals surface area (Å²) in [5.74, 6) is 2.33. The molecule has 0 bridgehead atoms. The van der Waals surface area contributed by atoms with Crippen molar-refractivity contribution in [3.63, 3.8) is 0 Å². The Hall–Kier alpha value is -1.42. The van der Waals surface area contributed by atoms with E-state index in [1.54, 1.807) is 13.0 Å². The zero-order valence-electron chi connectivity index (χ0n) is 13.7. The van der Waals surface area contributed by atoms with E-state index in [1.165, 1.54) is 36.4 Å². The first-order valence-corrected chi connectivity index (χ1v) is 10.1. The summed E-state index contributed by atoms with van der Waals surface area (Å²) in [5.41, 5.74) is 0.151. The van der Waals surface area contributed by atoms with Crippen LogP contribution in [0, 0.1) is 12.3 Å². The Balaban J connectivity index is 2.65. The first kappa shape index (κ1) is 20.9. The number of hydrogen-bond donors (Lipinski definition) is 1. The fourth-order valence-corrected chi connectivity index (χ4v) is 4.64. The van der Waals surface area contributed by atoms with Crippen LogP contribution in [0.25, 0.3) is 0 Å². The number of benzene rings is 2. The summed E-state index contributed by atoms with van der Waals surface area (Å²) >= 11 is 18.1. The van der Waals surface area contributed by atoms with Crippen LogP contribution in [0.2, 0.25) is 15.1 Å². The van der Waals surface area contributed by atoms with E-state index in [-0.39, 0.29) is 22.0 Å². The van der Waals surface area contributed by atoms with Gasteiger partial charge in [-0.25, -0.2) is 8.42 Å². The highest BCUT2D eigenvalue weighted by atomic mass is 35.5. The van der Waals surface area contributed by atoms with E-state index in [4.69, 9.17) is 41.2 Å². The summed E-state index contributed by atoms with van der Waals surface area (Å²) in [7, 11) is -4.07. The molecule has 0 aliphatic carbocycles. The molecule has 2 atom stereocenters. The number of sulfonamides is 1. The van der Waals surface area contributed by atoms with Crippen LogP contribution in [0.5, 0.6) is 0 Å². The quantitative estimate of drug-likeness (QED) is 0.678. The van der Waals surface area contributed by atoms with Crippen LogP contribution in [-0.2, 0) is 10.0 Å². The first-order valence-electron chi connectivity index (χ1n) is 7.55. The minimum atomic E-state index is -4.07. The van der Waals surface area contributed by atoms with Crippen molar-refractivity contribution in [1.82, 2.24) is 0 Å². The van der Waals surface area contributed by atoms with Crippen molar-refractivity contribution < 1.29 is 13.5 Å². The van der Waals surface area contributed by atoms with Crippen LogP contribution < -0.4 is 4.31 Å². The van der Waals surface area contributed by atoms with Gasteiger partial charge in [0.15, 0.2) is 0 Å². The highest BCUT2D eigenvalue weighted by molar-refractivity contribution is 7.92. The number of nitrogens with zero attached hydrogens (tertiary/aromatic N) is 1. The van der Waals surface area contributed by atoms with E-state index >= 15 is 0 Å². The molecule has 0 aliphatic rings. The van der Waals surface area contributed by atoms with Gasteiger partial charge in [0.05, 0.1) is 27.8 Å². The van der Waals surface area contributed by atoms with Crippen LogP contribution in [-0.4, -0.2) is 25.7 Å². The van der Waals surface area contributed by atoms with Gasteiger partial charge in [0.1, 0.15) is 0 Å². The maximum absolute atomic E-state index is 13.3. The molecule has 0 saturated heterocycles. The topological polar surface area (TPSA) is 57.6 Å². The molecule has 8 heteroatoms. The van der Waals surface area contributed by atoms with Gasteiger partial charge in [0, 0.05) is 16.5 Å². The summed E-state index contributed by atoms with van der Waals surface area (Å²) in [5, 5.41) is 11.2. The van der Waals surface area contributed by atoms with Crippen molar-refractivity contribution in [3.05, 3.63) is 57.5 Å². The monoisotopic (exact) mass is 431 g/mol. The van der Waals surface area contributed by atoms with Crippen molar-refractivity contribution in [2.45, 2.75) is 30.4 Å². The zero-order chi connectivity index (χ0) is 19.5. The Labute approximate surface area is 168 Å². The third kappa shape index (κ3) is 4.46. The minimum Gasteiger partial charge on any atom is -0.390 e. The van der Waals surface area contributed by atoms with E-state index in [0.717, 1.165) is 4.31 Å². The molecule has 2 aromatic carbocycles. The number of anilines is 1. The minimum absolute atomic E-state index is 0.00213. The lowest BCUT2D eigenvalue weighted by Gasteiger charge is -2.33. The van der Waals surface area contributed by atoms with E-state index in [9.17, 15) is 13.5 Å². The molecule has 0 amide bonds. The van der Waals surface area contributed by atoms with Crippen LogP contribution in [0.15, 0.2) is 47.4 Å². The van der Waals surface area contributed by atoms with Crippen molar-refractivity contribution in [2.75, 3.05) is 4.31 Å². The summed E-state index contributed by atoms with van der Waals surface area (Å²) in [6.07, 6.45) is 4.14. The van der Waals surface area contributed by atoms with Gasteiger partial charge in [0.25, 0.3) is 10.0 Å². The number of aliphatic hydroxyl groups excluding tert-OH is 1. The van der Waals surface area contributed by atoms with Gasteiger partial charge < -0.3 is 5.11 Å². The van der Waals surface area contributed by atoms with Crippen molar-refractivity contribution >= 4 is 50.5 Å². The molecule has 0 radical (unpaired) electrons. The van der Waals surface area contributed by atoms with Crippen molar-refractivity contribution in [2.24, 2.45) is 0 Å². The fourth-order valence-electron chi connectivity index (χ4n) is 2.39. The van der Waals surface area contributed by atoms with Gasteiger partial charge in [0.2, 0.25) is 0 Å². The van der Waals surface area contributed by atoms with E-state index in [0.29, 0.717) is 10.0 Å². The molecule has 138 valence electrons. The van der Waals surface area contributed by atoms with Gasteiger partial charge in [-0.05, 0) is 49.4 Å². The predicted octanol–water partition coefficient (Wildman–Crippen LogP) is 4.61. The Kier molecular flexibility index (Phi) is 6.84.